The van der Waals surface area contributed by atoms with Gasteiger partial charge in [0.2, 0.25) is 0 Å². The third kappa shape index (κ3) is 2.55. The van der Waals surface area contributed by atoms with Crippen LogP contribution in [0.5, 0.6) is 0 Å². The minimum atomic E-state index is -0.0576. The van der Waals surface area contributed by atoms with Gasteiger partial charge in [-0.3, -0.25) is 14.2 Å². The second kappa shape index (κ2) is 6.18. The molecule has 1 saturated heterocycles. The molecule has 1 aliphatic rings. The van der Waals surface area contributed by atoms with Gasteiger partial charge < -0.3 is 10.2 Å². The van der Waals surface area contributed by atoms with Crippen LogP contribution in [-0.4, -0.2) is 46.5 Å². The second-order valence-electron chi connectivity index (χ2n) is 5.47. The molecule has 0 aliphatic carbocycles. The zero-order valence-corrected chi connectivity index (χ0v) is 13.7. The Morgan fingerprint density at radius 1 is 1.41 bits per heavy atom. The molecule has 22 heavy (non-hydrogen) atoms. The number of nitrogens with one attached hydrogen (secondary N) is 1. The molecule has 118 valence electrons. The lowest BCUT2D eigenvalue weighted by atomic mass is 10.2. The number of hydrogen-bond donors (Lipinski definition) is 1. The van der Waals surface area contributed by atoms with E-state index in [1.165, 1.54) is 11.3 Å². The van der Waals surface area contributed by atoms with Gasteiger partial charge in [-0.2, -0.15) is 0 Å². The molecule has 6 nitrogen and oxygen atoms in total. The number of amides is 1. The van der Waals surface area contributed by atoms with Crippen molar-refractivity contribution in [3.63, 3.8) is 0 Å². The molecular formula is C15H20N4O2S. The van der Waals surface area contributed by atoms with Crippen molar-refractivity contribution in [1.29, 1.82) is 0 Å². The van der Waals surface area contributed by atoms with Gasteiger partial charge in [-0.1, -0.05) is 0 Å². The number of carbonyl (C=O) groups is 1. The van der Waals surface area contributed by atoms with Crippen LogP contribution < -0.4 is 10.9 Å². The van der Waals surface area contributed by atoms with E-state index in [-0.39, 0.29) is 11.5 Å². The second-order valence-corrected chi connectivity index (χ2v) is 6.47. The lowest BCUT2D eigenvalue weighted by Crippen LogP contribution is -2.34. The summed E-state index contributed by atoms with van der Waals surface area (Å²) in [7, 11) is 0. The van der Waals surface area contributed by atoms with Crippen molar-refractivity contribution < 1.29 is 4.79 Å². The molecule has 3 rings (SSSR count). The highest BCUT2D eigenvalue weighted by atomic mass is 32.1. The Hall–Kier alpha value is -1.73. The Bertz CT molecular complexity index is 757. The summed E-state index contributed by atoms with van der Waals surface area (Å²) >= 11 is 1.33. The molecule has 0 atom stereocenters. The van der Waals surface area contributed by atoms with E-state index in [0.717, 1.165) is 31.6 Å². The van der Waals surface area contributed by atoms with Crippen molar-refractivity contribution in [3.05, 3.63) is 27.1 Å². The third-order valence-corrected chi connectivity index (χ3v) is 5.27. The lowest BCUT2D eigenvalue weighted by Gasteiger charge is -2.19. The van der Waals surface area contributed by atoms with Crippen LogP contribution in [0.15, 0.2) is 11.1 Å². The summed E-state index contributed by atoms with van der Waals surface area (Å²) in [6.45, 7) is 7.57. The molecule has 1 N–H and O–H groups in total. The molecule has 0 aromatic carbocycles. The first-order valence-electron chi connectivity index (χ1n) is 7.62. The highest BCUT2D eigenvalue weighted by Crippen LogP contribution is 2.28. The maximum Gasteiger partial charge on any atom is 0.264 e. The summed E-state index contributed by atoms with van der Waals surface area (Å²) < 4.78 is 1.58. The van der Waals surface area contributed by atoms with Crippen molar-refractivity contribution in [3.8, 4) is 0 Å². The maximum atomic E-state index is 12.8. The first kappa shape index (κ1) is 15.2. The molecule has 0 radical (unpaired) electrons. The Labute approximate surface area is 132 Å². The fraction of sp³-hybridized carbons (Fsp3) is 0.533. The first-order valence-corrected chi connectivity index (χ1v) is 8.43. The molecule has 1 amide bonds. The van der Waals surface area contributed by atoms with Crippen LogP contribution in [0.25, 0.3) is 10.2 Å². The Kier molecular flexibility index (Phi) is 4.26. The summed E-state index contributed by atoms with van der Waals surface area (Å²) in [5.74, 6) is 0.0200. The Morgan fingerprint density at radius 3 is 3.00 bits per heavy atom. The molecule has 0 bridgehead atoms. The molecule has 2 aromatic rings. The Morgan fingerprint density at radius 2 is 2.23 bits per heavy atom. The number of carbonyl (C=O) groups excluding carboxylic acids is 1. The van der Waals surface area contributed by atoms with Crippen molar-refractivity contribution in [2.24, 2.45) is 0 Å². The largest absolute Gasteiger partial charge is 0.337 e. The number of nitrogens with zero attached hydrogens (tertiary/aromatic N) is 3. The zero-order valence-electron chi connectivity index (χ0n) is 12.9. The molecule has 3 heterocycles. The predicted octanol–water partition coefficient (Wildman–Crippen LogP) is 1.22. The van der Waals surface area contributed by atoms with Crippen LogP contribution in [-0.2, 0) is 6.54 Å². The molecule has 0 saturated carbocycles. The van der Waals surface area contributed by atoms with Crippen molar-refractivity contribution in [2.75, 3.05) is 26.2 Å². The topological polar surface area (TPSA) is 67.2 Å². The molecule has 0 unspecified atom stereocenters. The number of aryl methyl sites for hydroxylation is 2. The van der Waals surface area contributed by atoms with Crippen molar-refractivity contribution >= 4 is 27.5 Å². The molecule has 0 spiro atoms. The normalized spacial score (nSPS) is 16.0. The molecule has 2 aromatic heterocycles. The van der Waals surface area contributed by atoms with Crippen LogP contribution in [0.1, 0.15) is 28.6 Å². The third-order valence-electron chi connectivity index (χ3n) is 4.08. The lowest BCUT2D eigenvalue weighted by molar-refractivity contribution is 0.0770. The van der Waals surface area contributed by atoms with Gasteiger partial charge in [-0.15, -0.1) is 11.3 Å². The van der Waals surface area contributed by atoms with Crippen LogP contribution in [0, 0.1) is 6.92 Å². The van der Waals surface area contributed by atoms with E-state index in [1.54, 1.807) is 10.9 Å². The van der Waals surface area contributed by atoms with Crippen molar-refractivity contribution in [1.82, 2.24) is 19.8 Å². The van der Waals surface area contributed by atoms with Crippen LogP contribution >= 0.6 is 11.3 Å². The highest BCUT2D eigenvalue weighted by molar-refractivity contribution is 7.20. The molecule has 7 heteroatoms. The average molecular weight is 320 g/mol. The summed E-state index contributed by atoms with van der Waals surface area (Å²) in [6.07, 6.45) is 2.52. The Balaban J connectivity index is 2.04. The zero-order chi connectivity index (χ0) is 15.7. The minimum absolute atomic E-state index is 0.0200. The predicted molar refractivity (Wildman–Crippen MR) is 87.7 cm³/mol. The van der Waals surface area contributed by atoms with E-state index in [0.29, 0.717) is 28.2 Å². The van der Waals surface area contributed by atoms with E-state index < -0.39 is 0 Å². The van der Waals surface area contributed by atoms with E-state index in [4.69, 9.17) is 0 Å². The van der Waals surface area contributed by atoms with E-state index >= 15 is 0 Å². The van der Waals surface area contributed by atoms with Gasteiger partial charge in [0.15, 0.2) is 0 Å². The van der Waals surface area contributed by atoms with Gasteiger partial charge >= 0.3 is 0 Å². The van der Waals surface area contributed by atoms with Gasteiger partial charge in [0.1, 0.15) is 4.83 Å². The minimum Gasteiger partial charge on any atom is -0.337 e. The number of aromatic nitrogens is 2. The fourth-order valence-corrected chi connectivity index (χ4v) is 3.89. The summed E-state index contributed by atoms with van der Waals surface area (Å²) in [4.78, 5) is 32.7. The van der Waals surface area contributed by atoms with E-state index in [2.05, 4.69) is 10.3 Å². The highest BCUT2D eigenvalue weighted by Gasteiger charge is 2.24. The van der Waals surface area contributed by atoms with E-state index in [9.17, 15) is 9.59 Å². The van der Waals surface area contributed by atoms with Crippen LogP contribution in [0.2, 0.25) is 0 Å². The van der Waals surface area contributed by atoms with Gasteiger partial charge in [-0.25, -0.2) is 4.98 Å². The molecular weight excluding hydrogens is 300 g/mol. The SMILES string of the molecule is CCn1cnc2sc(C(=O)N3CCCNCC3)c(C)c2c1=O. The number of hydrogen-bond acceptors (Lipinski definition) is 5. The van der Waals surface area contributed by atoms with Gasteiger partial charge in [0.25, 0.3) is 11.5 Å². The first-order chi connectivity index (χ1) is 10.6. The van der Waals surface area contributed by atoms with Gasteiger partial charge in [0.05, 0.1) is 16.6 Å². The number of rotatable bonds is 2. The summed E-state index contributed by atoms with van der Waals surface area (Å²) in [5, 5.41) is 3.88. The number of fused-ring (bicyclic) bond motifs is 1. The van der Waals surface area contributed by atoms with Crippen LogP contribution in [0.3, 0.4) is 0 Å². The van der Waals surface area contributed by atoms with Gasteiger partial charge in [0, 0.05) is 26.2 Å². The molecule has 1 aliphatic heterocycles. The fourth-order valence-electron chi connectivity index (χ4n) is 2.78. The van der Waals surface area contributed by atoms with Crippen LogP contribution in [0.4, 0.5) is 0 Å². The van der Waals surface area contributed by atoms with Crippen molar-refractivity contribution in [2.45, 2.75) is 26.8 Å². The summed E-state index contributed by atoms with van der Waals surface area (Å²) in [5.41, 5.74) is 0.709. The molecule has 1 fully saturated rings. The smallest absolute Gasteiger partial charge is 0.264 e. The quantitative estimate of drug-likeness (QED) is 0.903. The number of thiophene rings is 1. The monoisotopic (exact) mass is 320 g/mol. The summed E-state index contributed by atoms with van der Waals surface area (Å²) in [6, 6.07) is 0. The standard InChI is InChI=1S/C15H20N4O2S/c1-3-18-9-17-13-11(14(18)20)10(2)12(22-13)15(21)19-7-4-5-16-6-8-19/h9,16H,3-8H2,1-2H3. The van der Waals surface area contributed by atoms with E-state index in [1.807, 2.05) is 18.7 Å². The maximum absolute atomic E-state index is 12.8. The average Bonchev–Trinajstić information content (AvgIpc) is 2.70. The van der Waals surface area contributed by atoms with Gasteiger partial charge in [-0.05, 0) is 32.4 Å².